The maximum atomic E-state index is 9.41. The van der Waals surface area contributed by atoms with Crippen molar-refractivity contribution >= 4 is 0 Å². The van der Waals surface area contributed by atoms with Crippen molar-refractivity contribution in [3.05, 3.63) is 0 Å². The topological polar surface area (TPSA) is 58.9 Å². The van der Waals surface area contributed by atoms with Crippen LogP contribution in [0.1, 0.15) is 33.6 Å². The van der Waals surface area contributed by atoms with Gasteiger partial charge in [-0.15, -0.1) is 0 Å². The molecule has 0 spiro atoms. The zero-order chi connectivity index (χ0) is 11.7. The molecule has 0 amide bonds. The first-order valence-corrected chi connectivity index (χ1v) is 5.61. The number of rotatable bonds is 9. The summed E-state index contributed by atoms with van der Waals surface area (Å²) in [6.45, 7) is 6.72. The van der Waals surface area contributed by atoms with Crippen LogP contribution in [0.25, 0.3) is 0 Å². The van der Waals surface area contributed by atoms with Gasteiger partial charge in [-0.05, 0) is 20.3 Å². The van der Waals surface area contributed by atoms with Crippen molar-refractivity contribution in [2.24, 2.45) is 0 Å². The van der Waals surface area contributed by atoms with Crippen LogP contribution in [0.2, 0.25) is 0 Å². The monoisotopic (exact) mass is 220 g/mol. The fourth-order valence-corrected chi connectivity index (χ4v) is 1.14. The van der Waals surface area contributed by atoms with Gasteiger partial charge in [0.2, 0.25) is 0 Å². The van der Waals surface area contributed by atoms with Gasteiger partial charge in [-0.25, -0.2) is 0 Å². The number of ether oxygens (including phenoxy) is 2. The highest BCUT2D eigenvalue weighted by Crippen LogP contribution is 2.00. The van der Waals surface area contributed by atoms with Crippen molar-refractivity contribution in [1.82, 2.24) is 0 Å². The molecule has 0 bridgehead atoms. The molecule has 0 rings (SSSR count). The van der Waals surface area contributed by atoms with Gasteiger partial charge in [-0.3, -0.25) is 0 Å². The molecule has 15 heavy (non-hydrogen) atoms. The Hall–Kier alpha value is -0.160. The number of aliphatic hydroxyl groups is 2. The summed E-state index contributed by atoms with van der Waals surface area (Å²) in [6, 6.07) is 0. The second kappa shape index (κ2) is 9.09. The Morgan fingerprint density at radius 2 is 1.73 bits per heavy atom. The van der Waals surface area contributed by atoms with Crippen LogP contribution in [0.5, 0.6) is 0 Å². The van der Waals surface area contributed by atoms with E-state index in [1.165, 1.54) is 0 Å². The molecule has 0 aromatic rings. The van der Waals surface area contributed by atoms with E-state index in [9.17, 15) is 5.11 Å². The summed E-state index contributed by atoms with van der Waals surface area (Å²) in [4.78, 5) is 0. The summed E-state index contributed by atoms with van der Waals surface area (Å²) in [7, 11) is 0. The van der Waals surface area contributed by atoms with E-state index in [-0.39, 0.29) is 12.2 Å². The Morgan fingerprint density at radius 3 is 2.27 bits per heavy atom. The Kier molecular flexibility index (Phi) is 9.00. The second-order valence-electron chi connectivity index (χ2n) is 3.97. The van der Waals surface area contributed by atoms with E-state index in [0.29, 0.717) is 19.8 Å². The highest BCUT2D eigenvalue weighted by molar-refractivity contribution is 4.55. The predicted octanol–water partition coefficient (Wildman–Crippen LogP) is 0.950. The van der Waals surface area contributed by atoms with E-state index in [1.807, 2.05) is 13.8 Å². The van der Waals surface area contributed by atoms with Gasteiger partial charge < -0.3 is 19.7 Å². The molecule has 0 heterocycles. The molecule has 0 aromatic heterocycles. The average Bonchev–Trinajstić information content (AvgIpc) is 2.14. The third-order valence-corrected chi connectivity index (χ3v) is 1.91. The van der Waals surface area contributed by atoms with Gasteiger partial charge >= 0.3 is 0 Å². The van der Waals surface area contributed by atoms with E-state index < -0.39 is 6.10 Å². The molecule has 0 radical (unpaired) electrons. The highest BCUT2D eigenvalue weighted by atomic mass is 16.5. The largest absolute Gasteiger partial charge is 0.391 e. The molecule has 0 fully saturated rings. The quantitative estimate of drug-likeness (QED) is 0.607. The van der Waals surface area contributed by atoms with Crippen LogP contribution in [0.4, 0.5) is 0 Å². The van der Waals surface area contributed by atoms with Gasteiger partial charge in [-0.1, -0.05) is 13.3 Å². The fourth-order valence-electron chi connectivity index (χ4n) is 1.14. The molecule has 0 aliphatic heterocycles. The lowest BCUT2D eigenvalue weighted by molar-refractivity contribution is -0.0536. The van der Waals surface area contributed by atoms with Gasteiger partial charge in [0.1, 0.15) is 0 Å². The summed E-state index contributed by atoms with van der Waals surface area (Å²) in [5.41, 5.74) is 0. The maximum Gasteiger partial charge on any atom is 0.0781 e. The first-order chi connectivity index (χ1) is 7.06. The lowest BCUT2D eigenvalue weighted by atomic mass is 10.2. The maximum absolute atomic E-state index is 9.41. The third kappa shape index (κ3) is 10.1. The second-order valence-corrected chi connectivity index (χ2v) is 3.97. The van der Waals surface area contributed by atoms with Gasteiger partial charge in [0, 0.05) is 0 Å². The van der Waals surface area contributed by atoms with Crippen LogP contribution in [0.15, 0.2) is 0 Å². The smallest absolute Gasteiger partial charge is 0.0781 e. The molecule has 0 aliphatic rings. The molecule has 0 aromatic carbocycles. The van der Waals surface area contributed by atoms with Gasteiger partial charge in [0.05, 0.1) is 38.1 Å². The normalized spacial score (nSPS) is 17.4. The molecule has 3 atom stereocenters. The van der Waals surface area contributed by atoms with Crippen LogP contribution in [0, 0.1) is 0 Å². The summed E-state index contributed by atoms with van der Waals surface area (Å²) >= 11 is 0. The van der Waals surface area contributed by atoms with Crippen molar-refractivity contribution in [2.75, 3.05) is 19.8 Å². The zero-order valence-corrected chi connectivity index (χ0v) is 9.98. The van der Waals surface area contributed by atoms with Gasteiger partial charge in [0.15, 0.2) is 0 Å². The van der Waals surface area contributed by atoms with Gasteiger partial charge in [0.25, 0.3) is 0 Å². The standard InChI is InChI=1S/C11H24O4/c1-4-5-11(13)8-15-10(3)7-14-6-9(2)12/h9-13H,4-8H2,1-3H3. The van der Waals surface area contributed by atoms with Crippen molar-refractivity contribution in [2.45, 2.75) is 51.9 Å². The van der Waals surface area contributed by atoms with E-state index in [2.05, 4.69) is 0 Å². The Labute approximate surface area is 92.2 Å². The Morgan fingerprint density at radius 1 is 1.07 bits per heavy atom. The minimum Gasteiger partial charge on any atom is -0.391 e. The lowest BCUT2D eigenvalue weighted by Crippen LogP contribution is -2.24. The van der Waals surface area contributed by atoms with Crippen LogP contribution in [-0.2, 0) is 9.47 Å². The Bertz CT molecular complexity index is 139. The summed E-state index contributed by atoms with van der Waals surface area (Å²) in [5, 5.41) is 18.4. The number of hydrogen-bond donors (Lipinski definition) is 2. The summed E-state index contributed by atoms with van der Waals surface area (Å²) in [5.74, 6) is 0. The van der Waals surface area contributed by atoms with Gasteiger partial charge in [-0.2, -0.15) is 0 Å². The van der Waals surface area contributed by atoms with E-state index in [0.717, 1.165) is 12.8 Å². The third-order valence-electron chi connectivity index (χ3n) is 1.91. The number of hydrogen-bond acceptors (Lipinski definition) is 4. The average molecular weight is 220 g/mol. The lowest BCUT2D eigenvalue weighted by Gasteiger charge is -2.16. The molecule has 2 N–H and O–H groups in total. The molecule has 0 saturated carbocycles. The fraction of sp³-hybridized carbons (Fsp3) is 1.00. The SMILES string of the molecule is CCCC(O)COC(C)COCC(C)O. The summed E-state index contributed by atoms with van der Waals surface area (Å²) < 4.78 is 10.6. The summed E-state index contributed by atoms with van der Waals surface area (Å²) in [6.07, 6.45) is 0.853. The minimum atomic E-state index is -0.442. The molecular formula is C11H24O4. The molecule has 0 saturated heterocycles. The zero-order valence-electron chi connectivity index (χ0n) is 9.98. The van der Waals surface area contributed by atoms with Crippen molar-refractivity contribution in [3.63, 3.8) is 0 Å². The van der Waals surface area contributed by atoms with Crippen molar-refractivity contribution in [1.29, 1.82) is 0 Å². The van der Waals surface area contributed by atoms with Crippen molar-refractivity contribution in [3.8, 4) is 0 Å². The van der Waals surface area contributed by atoms with Crippen LogP contribution >= 0.6 is 0 Å². The molecule has 4 nitrogen and oxygen atoms in total. The molecule has 0 aliphatic carbocycles. The number of aliphatic hydroxyl groups excluding tert-OH is 2. The Balaban J connectivity index is 3.36. The van der Waals surface area contributed by atoms with E-state index >= 15 is 0 Å². The van der Waals surface area contributed by atoms with E-state index in [1.54, 1.807) is 6.92 Å². The first kappa shape index (κ1) is 14.8. The van der Waals surface area contributed by atoms with Crippen molar-refractivity contribution < 1.29 is 19.7 Å². The molecule has 3 unspecified atom stereocenters. The highest BCUT2D eigenvalue weighted by Gasteiger charge is 2.07. The molecular weight excluding hydrogens is 196 g/mol. The van der Waals surface area contributed by atoms with Crippen LogP contribution in [-0.4, -0.2) is 48.3 Å². The van der Waals surface area contributed by atoms with Crippen LogP contribution in [0.3, 0.4) is 0 Å². The van der Waals surface area contributed by atoms with Crippen LogP contribution < -0.4 is 0 Å². The minimum absolute atomic E-state index is 0.0461. The predicted molar refractivity (Wildman–Crippen MR) is 58.8 cm³/mol. The van der Waals surface area contributed by atoms with E-state index in [4.69, 9.17) is 14.6 Å². The molecule has 92 valence electrons. The molecule has 4 heteroatoms. The first-order valence-electron chi connectivity index (χ1n) is 5.61.